The van der Waals surface area contributed by atoms with Gasteiger partial charge in [-0.15, -0.1) is 11.6 Å². The van der Waals surface area contributed by atoms with Crippen LogP contribution < -0.4 is 10.1 Å². The monoisotopic (exact) mass is 259 g/mol. The van der Waals surface area contributed by atoms with E-state index in [0.29, 0.717) is 6.29 Å². The van der Waals surface area contributed by atoms with E-state index in [1.165, 1.54) is 0 Å². The Balaban J connectivity index is 2.01. The summed E-state index contributed by atoms with van der Waals surface area (Å²) in [6, 6.07) is 13.1. The van der Waals surface area contributed by atoms with Crippen molar-refractivity contribution in [2.24, 2.45) is 0 Å². The number of hydrogen-bond donors (Lipinski definition) is 1. The molecule has 0 saturated carbocycles. The highest BCUT2D eigenvalue weighted by molar-refractivity contribution is 6.27. The first kappa shape index (κ1) is 11.1. The second-order valence-corrected chi connectivity index (χ2v) is 4.49. The van der Waals surface area contributed by atoms with Gasteiger partial charge in [-0.2, -0.15) is 0 Å². The smallest absolute Gasteiger partial charge is 0.150 e. The Bertz CT molecular complexity index is 612. The zero-order valence-electron chi connectivity index (χ0n) is 9.39. The predicted octanol–water partition coefficient (Wildman–Crippen LogP) is 4.01. The molecule has 18 heavy (non-hydrogen) atoms. The van der Waals surface area contributed by atoms with Gasteiger partial charge in [0.25, 0.3) is 0 Å². The van der Waals surface area contributed by atoms with Gasteiger partial charge in [0.05, 0.1) is 11.4 Å². The zero-order valence-corrected chi connectivity index (χ0v) is 10.1. The minimum atomic E-state index is -0.630. The number of para-hydroxylation sites is 2. The van der Waals surface area contributed by atoms with E-state index in [1.807, 2.05) is 36.4 Å². The maximum Gasteiger partial charge on any atom is 0.150 e. The highest BCUT2D eigenvalue weighted by Gasteiger charge is 2.17. The fraction of sp³-hybridized carbons (Fsp3) is 0.0714. The lowest BCUT2D eigenvalue weighted by Crippen LogP contribution is -2.03. The van der Waals surface area contributed by atoms with Crippen molar-refractivity contribution in [2.45, 2.75) is 5.38 Å². The first-order chi connectivity index (χ1) is 8.78. The van der Waals surface area contributed by atoms with Crippen molar-refractivity contribution in [3.8, 4) is 11.5 Å². The molecule has 3 nitrogen and oxygen atoms in total. The van der Waals surface area contributed by atoms with Crippen molar-refractivity contribution in [3.63, 3.8) is 0 Å². The molecule has 2 aromatic carbocycles. The number of alkyl halides is 1. The topological polar surface area (TPSA) is 38.3 Å². The number of aldehydes is 1. The Morgan fingerprint density at radius 3 is 2.72 bits per heavy atom. The molecule has 0 saturated heterocycles. The van der Waals surface area contributed by atoms with E-state index in [1.54, 1.807) is 6.07 Å². The van der Waals surface area contributed by atoms with Crippen molar-refractivity contribution in [1.82, 2.24) is 0 Å². The van der Waals surface area contributed by atoms with Gasteiger partial charge >= 0.3 is 0 Å². The van der Waals surface area contributed by atoms with Gasteiger partial charge in [-0.05, 0) is 29.8 Å². The molecule has 0 bridgehead atoms. The first-order valence-electron chi connectivity index (χ1n) is 5.55. The minimum Gasteiger partial charge on any atom is -0.453 e. The number of fused-ring (bicyclic) bond motifs is 2. The fourth-order valence-corrected chi connectivity index (χ4v) is 2.04. The van der Waals surface area contributed by atoms with Crippen molar-refractivity contribution in [2.75, 3.05) is 5.32 Å². The van der Waals surface area contributed by atoms with Crippen LogP contribution >= 0.6 is 11.6 Å². The molecule has 1 N–H and O–H groups in total. The van der Waals surface area contributed by atoms with E-state index >= 15 is 0 Å². The van der Waals surface area contributed by atoms with Crippen LogP contribution in [-0.2, 0) is 4.79 Å². The molecule has 1 atom stereocenters. The van der Waals surface area contributed by atoms with Crippen molar-refractivity contribution >= 4 is 29.3 Å². The number of rotatable bonds is 2. The Morgan fingerprint density at radius 1 is 1.11 bits per heavy atom. The Morgan fingerprint density at radius 2 is 1.89 bits per heavy atom. The third-order valence-corrected chi connectivity index (χ3v) is 3.17. The van der Waals surface area contributed by atoms with E-state index in [4.69, 9.17) is 16.3 Å². The van der Waals surface area contributed by atoms with Gasteiger partial charge < -0.3 is 14.8 Å². The summed E-state index contributed by atoms with van der Waals surface area (Å²) < 4.78 is 5.75. The van der Waals surface area contributed by atoms with E-state index in [-0.39, 0.29) is 0 Å². The molecule has 0 spiro atoms. The molecular formula is C14H10ClNO2. The number of nitrogens with one attached hydrogen (secondary N) is 1. The van der Waals surface area contributed by atoms with Crippen LogP contribution in [0.3, 0.4) is 0 Å². The fourth-order valence-electron chi connectivity index (χ4n) is 1.91. The summed E-state index contributed by atoms with van der Waals surface area (Å²) in [5.41, 5.74) is 2.47. The van der Waals surface area contributed by atoms with Gasteiger partial charge in [-0.1, -0.05) is 18.2 Å². The molecule has 0 amide bonds. The van der Waals surface area contributed by atoms with Gasteiger partial charge in [-0.3, -0.25) is 0 Å². The van der Waals surface area contributed by atoms with E-state index in [0.717, 1.165) is 28.4 Å². The van der Waals surface area contributed by atoms with E-state index in [2.05, 4.69) is 5.32 Å². The second kappa shape index (κ2) is 4.35. The number of benzene rings is 2. The summed E-state index contributed by atoms with van der Waals surface area (Å²) in [5, 5.41) is 2.63. The zero-order chi connectivity index (χ0) is 12.5. The number of hydrogen-bond acceptors (Lipinski definition) is 3. The van der Waals surface area contributed by atoms with Crippen LogP contribution in [0.1, 0.15) is 10.9 Å². The summed E-state index contributed by atoms with van der Waals surface area (Å²) in [5.74, 6) is 1.52. The predicted molar refractivity (Wildman–Crippen MR) is 70.9 cm³/mol. The average molecular weight is 260 g/mol. The lowest BCUT2D eigenvalue weighted by atomic mass is 10.1. The number of carbonyl (C=O) groups is 1. The number of ether oxygens (including phenoxy) is 1. The quantitative estimate of drug-likeness (QED) is 0.558. The standard InChI is InChI=1S/C14H10ClNO2/c15-10(8-17)9-5-6-14-12(7-9)16-11-3-1-2-4-13(11)18-14/h1-8,10,16H. The number of carbonyl (C=O) groups excluding carboxylic acids is 1. The molecule has 1 unspecified atom stereocenters. The summed E-state index contributed by atoms with van der Waals surface area (Å²) in [4.78, 5) is 10.7. The van der Waals surface area contributed by atoms with Gasteiger partial charge in [-0.25, -0.2) is 0 Å². The molecule has 0 fully saturated rings. The maximum absolute atomic E-state index is 10.7. The minimum absolute atomic E-state index is 0.630. The third-order valence-electron chi connectivity index (χ3n) is 2.82. The first-order valence-corrected chi connectivity index (χ1v) is 5.99. The van der Waals surface area contributed by atoms with Gasteiger partial charge in [0.15, 0.2) is 11.5 Å². The third kappa shape index (κ3) is 1.83. The van der Waals surface area contributed by atoms with Crippen molar-refractivity contribution in [3.05, 3.63) is 48.0 Å². The average Bonchev–Trinajstić information content (AvgIpc) is 2.43. The molecule has 2 aromatic rings. The normalized spacial score (nSPS) is 13.6. The number of halogens is 1. The van der Waals surface area contributed by atoms with Crippen LogP contribution in [0, 0.1) is 0 Å². The molecule has 0 aliphatic carbocycles. The second-order valence-electron chi connectivity index (χ2n) is 4.02. The largest absolute Gasteiger partial charge is 0.453 e. The summed E-state index contributed by atoms with van der Waals surface area (Å²) in [7, 11) is 0. The van der Waals surface area contributed by atoms with Gasteiger partial charge in [0.1, 0.15) is 11.7 Å². The molecule has 90 valence electrons. The van der Waals surface area contributed by atoms with Crippen LogP contribution in [-0.4, -0.2) is 6.29 Å². The lowest BCUT2D eigenvalue weighted by Gasteiger charge is -2.22. The molecule has 1 aliphatic rings. The van der Waals surface area contributed by atoms with Crippen LogP contribution in [0.5, 0.6) is 11.5 Å². The lowest BCUT2D eigenvalue weighted by molar-refractivity contribution is -0.107. The Labute approximate surface area is 109 Å². The Kier molecular flexibility index (Phi) is 2.68. The van der Waals surface area contributed by atoms with Crippen molar-refractivity contribution in [1.29, 1.82) is 0 Å². The molecule has 0 radical (unpaired) electrons. The highest BCUT2D eigenvalue weighted by atomic mass is 35.5. The maximum atomic E-state index is 10.7. The molecule has 4 heteroatoms. The van der Waals surface area contributed by atoms with Gasteiger partial charge in [0.2, 0.25) is 0 Å². The summed E-state index contributed by atoms with van der Waals surface area (Å²) in [6.45, 7) is 0. The molecule has 3 rings (SSSR count). The molecule has 1 heterocycles. The van der Waals surface area contributed by atoms with Crippen LogP contribution in [0.2, 0.25) is 0 Å². The van der Waals surface area contributed by atoms with Crippen LogP contribution in [0.4, 0.5) is 11.4 Å². The molecule has 1 aliphatic heterocycles. The highest BCUT2D eigenvalue weighted by Crippen LogP contribution is 2.42. The summed E-state index contributed by atoms with van der Waals surface area (Å²) >= 11 is 5.90. The number of anilines is 2. The van der Waals surface area contributed by atoms with Crippen molar-refractivity contribution < 1.29 is 9.53 Å². The molecule has 0 aromatic heterocycles. The SMILES string of the molecule is O=CC(Cl)c1ccc2c(c1)Nc1ccccc1O2. The van der Waals surface area contributed by atoms with E-state index in [9.17, 15) is 4.79 Å². The van der Waals surface area contributed by atoms with Crippen LogP contribution in [0.25, 0.3) is 0 Å². The molecular weight excluding hydrogens is 250 g/mol. The summed E-state index contributed by atoms with van der Waals surface area (Å²) in [6.07, 6.45) is 0.709. The van der Waals surface area contributed by atoms with Gasteiger partial charge in [0, 0.05) is 0 Å². The van der Waals surface area contributed by atoms with Crippen LogP contribution in [0.15, 0.2) is 42.5 Å². The Hall–Kier alpha value is -2.00. The van der Waals surface area contributed by atoms with E-state index < -0.39 is 5.38 Å².